The molecule has 0 amide bonds. The number of nitrogens with zero attached hydrogens (tertiary/aromatic N) is 1. The Morgan fingerprint density at radius 3 is 2.75 bits per heavy atom. The molecule has 16 heavy (non-hydrogen) atoms. The number of oxazole rings is 1. The van der Waals surface area contributed by atoms with Crippen molar-refractivity contribution in [1.29, 1.82) is 0 Å². The molecule has 0 radical (unpaired) electrons. The van der Waals surface area contributed by atoms with Crippen LogP contribution in [0.3, 0.4) is 0 Å². The average Bonchev–Trinajstić information content (AvgIpc) is 2.85. The van der Waals surface area contributed by atoms with E-state index in [1.165, 1.54) is 12.5 Å². The maximum atomic E-state index is 10.4. The highest BCUT2D eigenvalue weighted by Crippen LogP contribution is 2.32. The van der Waals surface area contributed by atoms with Gasteiger partial charge >= 0.3 is 0 Å². The van der Waals surface area contributed by atoms with Crippen LogP contribution in [0.5, 0.6) is 0 Å². The molecular weight excluding hydrogens is 206 g/mol. The molecule has 0 aliphatic heterocycles. The summed E-state index contributed by atoms with van der Waals surface area (Å²) >= 11 is 0. The summed E-state index contributed by atoms with van der Waals surface area (Å²) in [6.07, 6.45) is 3.74. The van der Waals surface area contributed by atoms with Crippen molar-refractivity contribution in [2.45, 2.75) is 32.8 Å². The minimum absolute atomic E-state index is 0.478. The van der Waals surface area contributed by atoms with E-state index in [2.05, 4.69) is 4.98 Å². The fourth-order valence-electron chi connectivity index (χ4n) is 1.73. The van der Waals surface area contributed by atoms with Crippen molar-refractivity contribution in [2.75, 3.05) is 0 Å². The van der Waals surface area contributed by atoms with Gasteiger partial charge in [0, 0.05) is 12.0 Å². The molecule has 86 valence electrons. The van der Waals surface area contributed by atoms with E-state index >= 15 is 0 Å². The standard InChI is InChI=1S/C12H15NO3/c1-4-10-13-8(2)11(16-10)12(3,14)9-5-6-15-7-9/h5-7,14H,4H2,1-3H3. The van der Waals surface area contributed by atoms with Gasteiger partial charge in [0.25, 0.3) is 0 Å². The summed E-state index contributed by atoms with van der Waals surface area (Å²) in [7, 11) is 0. The van der Waals surface area contributed by atoms with Gasteiger partial charge in [0.1, 0.15) is 5.60 Å². The topological polar surface area (TPSA) is 59.4 Å². The molecule has 0 fully saturated rings. The van der Waals surface area contributed by atoms with Crippen LogP contribution in [0.15, 0.2) is 27.4 Å². The van der Waals surface area contributed by atoms with Crippen molar-refractivity contribution in [3.8, 4) is 0 Å². The lowest BCUT2D eigenvalue weighted by Gasteiger charge is -2.19. The number of hydrogen-bond donors (Lipinski definition) is 1. The molecule has 4 heteroatoms. The van der Waals surface area contributed by atoms with E-state index in [-0.39, 0.29) is 0 Å². The smallest absolute Gasteiger partial charge is 0.194 e. The SMILES string of the molecule is CCc1nc(C)c(C(C)(O)c2ccoc2)o1. The Morgan fingerprint density at radius 1 is 1.50 bits per heavy atom. The first-order chi connectivity index (χ1) is 7.55. The molecule has 2 aromatic rings. The molecule has 1 atom stereocenters. The zero-order chi connectivity index (χ0) is 11.8. The van der Waals surface area contributed by atoms with Gasteiger partial charge < -0.3 is 13.9 Å². The normalized spacial score (nSPS) is 15.0. The fraction of sp³-hybridized carbons (Fsp3) is 0.417. The van der Waals surface area contributed by atoms with Gasteiger partial charge in [-0.1, -0.05) is 6.92 Å². The third kappa shape index (κ3) is 1.65. The third-order valence-corrected chi connectivity index (χ3v) is 2.67. The van der Waals surface area contributed by atoms with Crippen LogP contribution in [0.2, 0.25) is 0 Å². The molecule has 2 heterocycles. The summed E-state index contributed by atoms with van der Waals surface area (Å²) in [5, 5.41) is 10.4. The average molecular weight is 221 g/mol. The highest BCUT2D eigenvalue weighted by Gasteiger charge is 2.33. The van der Waals surface area contributed by atoms with E-state index in [0.717, 1.165) is 0 Å². The van der Waals surface area contributed by atoms with Crippen molar-refractivity contribution in [3.63, 3.8) is 0 Å². The second-order valence-electron chi connectivity index (χ2n) is 3.96. The Balaban J connectivity index is 2.46. The molecule has 0 aliphatic carbocycles. The molecule has 4 nitrogen and oxygen atoms in total. The fourth-order valence-corrected chi connectivity index (χ4v) is 1.73. The lowest BCUT2D eigenvalue weighted by Crippen LogP contribution is -2.22. The number of aliphatic hydroxyl groups is 1. The van der Waals surface area contributed by atoms with Gasteiger partial charge in [-0.2, -0.15) is 0 Å². The van der Waals surface area contributed by atoms with Gasteiger partial charge in [-0.15, -0.1) is 0 Å². The highest BCUT2D eigenvalue weighted by atomic mass is 16.4. The van der Waals surface area contributed by atoms with E-state index in [0.29, 0.717) is 29.3 Å². The Hall–Kier alpha value is -1.55. The first kappa shape index (κ1) is 11.0. The molecule has 0 saturated carbocycles. The van der Waals surface area contributed by atoms with Crippen molar-refractivity contribution in [2.24, 2.45) is 0 Å². The molecule has 0 aliphatic rings. The lowest BCUT2D eigenvalue weighted by atomic mass is 9.95. The first-order valence-electron chi connectivity index (χ1n) is 5.27. The quantitative estimate of drug-likeness (QED) is 0.864. The van der Waals surface area contributed by atoms with Gasteiger partial charge in [-0.05, 0) is 19.9 Å². The maximum Gasteiger partial charge on any atom is 0.194 e. The molecule has 0 aromatic carbocycles. The predicted molar refractivity (Wildman–Crippen MR) is 58.0 cm³/mol. The molecule has 0 saturated heterocycles. The minimum Gasteiger partial charge on any atom is -0.472 e. The van der Waals surface area contributed by atoms with Gasteiger partial charge in [-0.25, -0.2) is 4.98 Å². The van der Waals surface area contributed by atoms with E-state index in [4.69, 9.17) is 8.83 Å². The largest absolute Gasteiger partial charge is 0.472 e. The lowest BCUT2D eigenvalue weighted by molar-refractivity contribution is 0.0739. The van der Waals surface area contributed by atoms with Crippen LogP contribution in [0.1, 0.15) is 36.8 Å². The van der Waals surface area contributed by atoms with Crippen LogP contribution >= 0.6 is 0 Å². The van der Waals surface area contributed by atoms with E-state index in [1.54, 1.807) is 13.0 Å². The summed E-state index contributed by atoms with van der Waals surface area (Å²) in [6, 6.07) is 1.72. The molecule has 0 bridgehead atoms. The minimum atomic E-state index is -1.20. The van der Waals surface area contributed by atoms with Crippen LogP contribution < -0.4 is 0 Å². The van der Waals surface area contributed by atoms with Gasteiger partial charge in [0.2, 0.25) is 0 Å². The third-order valence-electron chi connectivity index (χ3n) is 2.67. The van der Waals surface area contributed by atoms with Gasteiger partial charge in [-0.3, -0.25) is 0 Å². The van der Waals surface area contributed by atoms with Crippen LogP contribution in [-0.4, -0.2) is 10.1 Å². The van der Waals surface area contributed by atoms with Gasteiger partial charge in [0.15, 0.2) is 11.7 Å². The Kier molecular flexibility index (Phi) is 2.59. The molecular formula is C12H15NO3. The number of aromatic nitrogens is 1. The van der Waals surface area contributed by atoms with Crippen LogP contribution in [0.25, 0.3) is 0 Å². The molecule has 2 aromatic heterocycles. The summed E-state index contributed by atoms with van der Waals surface area (Å²) in [4.78, 5) is 4.25. The predicted octanol–water partition coefficient (Wildman–Crippen LogP) is 2.39. The van der Waals surface area contributed by atoms with Crippen molar-refractivity contribution in [3.05, 3.63) is 41.5 Å². The second-order valence-corrected chi connectivity index (χ2v) is 3.96. The number of hydrogen-bond acceptors (Lipinski definition) is 4. The summed E-state index contributed by atoms with van der Waals surface area (Å²) in [5.74, 6) is 1.11. The van der Waals surface area contributed by atoms with Crippen molar-refractivity contribution >= 4 is 0 Å². The number of furan rings is 1. The zero-order valence-electron chi connectivity index (χ0n) is 9.65. The summed E-state index contributed by atoms with van der Waals surface area (Å²) in [6.45, 7) is 5.46. The molecule has 2 rings (SSSR count). The Morgan fingerprint density at radius 2 is 2.25 bits per heavy atom. The van der Waals surface area contributed by atoms with Crippen molar-refractivity contribution < 1.29 is 13.9 Å². The zero-order valence-corrected chi connectivity index (χ0v) is 9.65. The second kappa shape index (κ2) is 3.79. The van der Waals surface area contributed by atoms with Crippen LogP contribution in [0, 0.1) is 6.92 Å². The number of aryl methyl sites for hydroxylation is 2. The summed E-state index contributed by atoms with van der Waals surface area (Å²) < 4.78 is 10.5. The first-order valence-corrected chi connectivity index (χ1v) is 5.27. The van der Waals surface area contributed by atoms with E-state index < -0.39 is 5.60 Å². The van der Waals surface area contributed by atoms with Crippen LogP contribution in [0.4, 0.5) is 0 Å². The maximum absolute atomic E-state index is 10.4. The summed E-state index contributed by atoms with van der Waals surface area (Å²) in [5.41, 5.74) is 0.176. The number of rotatable bonds is 3. The molecule has 1 N–H and O–H groups in total. The van der Waals surface area contributed by atoms with Crippen molar-refractivity contribution in [1.82, 2.24) is 4.98 Å². The highest BCUT2D eigenvalue weighted by molar-refractivity contribution is 5.29. The Bertz CT molecular complexity index is 468. The van der Waals surface area contributed by atoms with Gasteiger partial charge in [0.05, 0.1) is 18.2 Å². The van der Waals surface area contributed by atoms with E-state index in [9.17, 15) is 5.11 Å². The monoisotopic (exact) mass is 221 g/mol. The van der Waals surface area contributed by atoms with E-state index in [1.807, 2.05) is 13.8 Å². The Labute approximate surface area is 93.9 Å². The van der Waals surface area contributed by atoms with Crippen LogP contribution in [-0.2, 0) is 12.0 Å². The molecule has 0 spiro atoms. The molecule has 1 unspecified atom stereocenters.